The second-order valence-corrected chi connectivity index (χ2v) is 10.8. The van der Waals surface area contributed by atoms with Gasteiger partial charge in [0.2, 0.25) is 11.8 Å². The lowest BCUT2D eigenvalue weighted by Crippen LogP contribution is -2.39. The summed E-state index contributed by atoms with van der Waals surface area (Å²) in [5.41, 5.74) is 6.75. The number of hydrogen-bond acceptors (Lipinski definition) is 7. The van der Waals surface area contributed by atoms with Crippen LogP contribution in [0.4, 0.5) is 5.95 Å². The zero-order valence-electron chi connectivity index (χ0n) is 22.1. The van der Waals surface area contributed by atoms with Gasteiger partial charge in [-0.15, -0.1) is 0 Å². The van der Waals surface area contributed by atoms with Gasteiger partial charge in [0.05, 0.1) is 12.0 Å². The van der Waals surface area contributed by atoms with Gasteiger partial charge in [0.25, 0.3) is 0 Å². The summed E-state index contributed by atoms with van der Waals surface area (Å²) in [6.07, 6.45) is 6.20. The molecule has 1 fully saturated rings. The van der Waals surface area contributed by atoms with Crippen LogP contribution in [0.15, 0.2) is 36.8 Å². The molecule has 8 nitrogen and oxygen atoms in total. The monoisotopic (exact) mass is 485 g/mol. The van der Waals surface area contributed by atoms with Crippen molar-refractivity contribution >= 4 is 17.1 Å². The Labute approximate surface area is 212 Å². The molecule has 3 aromatic heterocycles. The molecule has 4 aromatic rings. The molecular formula is C28H35N7O. The number of imidazole rings is 1. The normalized spacial score (nSPS) is 15.0. The fourth-order valence-corrected chi connectivity index (χ4v) is 4.74. The molecule has 188 valence electrons. The number of piperidine rings is 1. The Morgan fingerprint density at radius 1 is 1.00 bits per heavy atom. The summed E-state index contributed by atoms with van der Waals surface area (Å²) in [4.78, 5) is 25.3. The first-order chi connectivity index (χ1) is 17.2. The predicted molar refractivity (Wildman–Crippen MR) is 142 cm³/mol. The van der Waals surface area contributed by atoms with Crippen LogP contribution in [0.2, 0.25) is 0 Å². The molecule has 36 heavy (non-hydrogen) atoms. The van der Waals surface area contributed by atoms with Crippen molar-refractivity contribution in [1.82, 2.24) is 29.5 Å². The average molecular weight is 486 g/mol. The summed E-state index contributed by atoms with van der Waals surface area (Å²) in [6.45, 7) is 12.5. The second kappa shape index (κ2) is 9.48. The van der Waals surface area contributed by atoms with Crippen molar-refractivity contribution in [3.05, 3.63) is 65.0 Å². The minimum Gasteiger partial charge on any atom is -0.474 e. The Morgan fingerprint density at radius 3 is 2.50 bits per heavy atom. The van der Waals surface area contributed by atoms with E-state index in [1.807, 2.05) is 30.9 Å². The third-order valence-corrected chi connectivity index (χ3v) is 6.97. The number of rotatable bonds is 5. The second-order valence-electron chi connectivity index (χ2n) is 10.8. The molecule has 4 heterocycles. The lowest BCUT2D eigenvalue weighted by Gasteiger charge is -2.32. The standard InChI is InChI=1S/C28H35N7O/c1-18-7-8-21(28(3,4)5)15-20(18)16-23-25-26(30-17-34(25)6)33-27(32-23)35-13-10-22(11-14-35)36-24-9-12-29-19(2)31-24/h7-9,12,15,17,22H,10-11,13-14,16H2,1-6H3. The molecule has 1 aliphatic rings. The van der Waals surface area contributed by atoms with Gasteiger partial charge in [-0.25, -0.2) is 15.0 Å². The van der Waals surface area contributed by atoms with Crippen molar-refractivity contribution in [3.63, 3.8) is 0 Å². The summed E-state index contributed by atoms with van der Waals surface area (Å²) in [7, 11) is 2.01. The van der Waals surface area contributed by atoms with Crippen LogP contribution in [0.5, 0.6) is 5.88 Å². The van der Waals surface area contributed by atoms with Gasteiger partial charge in [-0.1, -0.05) is 39.0 Å². The number of nitrogens with zero attached hydrogens (tertiary/aromatic N) is 7. The molecule has 0 saturated carbocycles. The van der Waals surface area contributed by atoms with Crippen LogP contribution in [-0.4, -0.2) is 48.7 Å². The fraction of sp³-hybridized carbons (Fsp3) is 0.464. The molecule has 0 unspecified atom stereocenters. The Kier molecular flexibility index (Phi) is 6.36. The third-order valence-electron chi connectivity index (χ3n) is 6.97. The van der Waals surface area contributed by atoms with Crippen LogP contribution in [0, 0.1) is 13.8 Å². The topological polar surface area (TPSA) is 81.9 Å². The molecular weight excluding hydrogens is 450 g/mol. The van der Waals surface area contributed by atoms with E-state index in [1.54, 1.807) is 6.20 Å². The Morgan fingerprint density at radius 2 is 1.78 bits per heavy atom. The predicted octanol–water partition coefficient (Wildman–Crippen LogP) is 4.71. The Hall–Kier alpha value is -3.55. The SMILES string of the molecule is Cc1nccc(OC2CCN(c3nc(Cc4cc(C(C)(C)C)ccc4C)c4c(ncn4C)n3)CC2)n1. The summed E-state index contributed by atoms with van der Waals surface area (Å²) < 4.78 is 8.14. The van der Waals surface area contributed by atoms with Gasteiger partial charge in [-0.3, -0.25) is 0 Å². The quantitative estimate of drug-likeness (QED) is 0.405. The molecule has 1 saturated heterocycles. The van der Waals surface area contributed by atoms with Crippen LogP contribution in [-0.2, 0) is 18.9 Å². The van der Waals surface area contributed by atoms with Gasteiger partial charge < -0.3 is 14.2 Å². The molecule has 1 aromatic carbocycles. The summed E-state index contributed by atoms with van der Waals surface area (Å²) in [5.74, 6) is 2.11. The zero-order valence-corrected chi connectivity index (χ0v) is 22.1. The van der Waals surface area contributed by atoms with E-state index in [1.165, 1.54) is 16.7 Å². The molecule has 0 N–H and O–H groups in total. The molecule has 0 amide bonds. The maximum absolute atomic E-state index is 6.11. The number of hydrogen-bond donors (Lipinski definition) is 0. The van der Waals surface area contributed by atoms with Crippen molar-refractivity contribution < 1.29 is 4.74 Å². The van der Waals surface area contributed by atoms with Gasteiger partial charge in [0.15, 0.2) is 5.65 Å². The van der Waals surface area contributed by atoms with Gasteiger partial charge in [-0.05, 0) is 36.0 Å². The third kappa shape index (κ3) is 5.03. The van der Waals surface area contributed by atoms with E-state index in [0.29, 0.717) is 5.88 Å². The van der Waals surface area contributed by atoms with Gasteiger partial charge >= 0.3 is 0 Å². The van der Waals surface area contributed by atoms with Crippen molar-refractivity contribution in [2.24, 2.45) is 7.05 Å². The molecule has 0 spiro atoms. The van der Waals surface area contributed by atoms with Crippen LogP contribution in [0.25, 0.3) is 11.2 Å². The fourth-order valence-electron chi connectivity index (χ4n) is 4.74. The molecule has 0 aliphatic carbocycles. The van der Waals surface area contributed by atoms with Crippen molar-refractivity contribution in [3.8, 4) is 5.88 Å². The molecule has 8 heteroatoms. The highest BCUT2D eigenvalue weighted by Gasteiger charge is 2.25. The van der Waals surface area contributed by atoms with E-state index in [0.717, 1.165) is 61.0 Å². The number of ether oxygens (including phenoxy) is 1. The summed E-state index contributed by atoms with van der Waals surface area (Å²) in [5, 5.41) is 0. The smallest absolute Gasteiger partial charge is 0.227 e. The first kappa shape index (κ1) is 24.2. The minimum absolute atomic E-state index is 0.0953. The number of aryl methyl sites for hydroxylation is 3. The number of anilines is 1. The van der Waals surface area contributed by atoms with Crippen molar-refractivity contribution in [1.29, 1.82) is 0 Å². The van der Waals surface area contributed by atoms with E-state index in [9.17, 15) is 0 Å². The van der Waals surface area contributed by atoms with Crippen LogP contribution in [0.3, 0.4) is 0 Å². The highest BCUT2D eigenvalue weighted by Crippen LogP contribution is 2.28. The molecule has 0 radical (unpaired) electrons. The maximum Gasteiger partial charge on any atom is 0.227 e. The Bertz CT molecular complexity index is 1380. The van der Waals surface area contributed by atoms with Gasteiger partial charge in [0.1, 0.15) is 17.4 Å². The highest BCUT2D eigenvalue weighted by molar-refractivity contribution is 5.75. The van der Waals surface area contributed by atoms with E-state index in [4.69, 9.17) is 14.7 Å². The van der Waals surface area contributed by atoms with Gasteiger partial charge in [0, 0.05) is 51.7 Å². The minimum atomic E-state index is 0.0953. The van der Waals surface area contributed by atoms with E-state index in [-0.39, 0.29) is 11.5 Å². The first-order valence-electron chi connectivity index (χ1n) is 12.7. The molecule has 0 bridgehead atoms. The average Bonchev–Trinajstić information content (AvgIpc) is 3.21. The lowest BCUT2D eigenvalue weighted by atomic mass is 9.84. The lowest BCUT2D eigenvalue weighted by molar-refractivity contribution is 0.163. The molecule has 0 atom stereocenters. The van der Waals surface area contributed by atoms with Crippen molar-refractivity contribution in [2.45, 2.75) is 65.4 Å². The Balaban J connectivity index is 1.39. The van der Waals surface area contributed by atoms with Crippen molar-refractivity contribution in [2.75, 3.05) is 18.0 Å². The van der Waals surface area contributed by atoms with Gasteiger partial charge in [-0.2, -0.15) is 9.97 Å². The summed E-state index contributed by atoms with van der Waals surface area (Å²) >= 11 is 0. The zero-order chi connectivity index (χ0) is 25.4. The highest BCUT2D eigenvalue weighted by atomic mass is 16.5. The van der Waals surface area contributed by atoms with E-state index >= 15 is 0 Å². The number of aromatic nitrogens is 6. The maximum atomic E-state index is 6.11. The largest absolute Gasteiger partial charge is 0.474 e. The first-order valence-corrected chi connectivity index (χ1v) is 12.7. The van der Waals surface area contributed by atoms with E-state index in [2.05, 4.69) is 65.7 Å². The summed E-state index contributed by atoms with van der Waals surface area (Å²) in [6, 6.07) is 8.61. The molecule has 5 rings (SSSR count). The molecule has 1 aliphatic heterocycles. The number of fused-ring (bicyclic) bond motifs is 1. The van der Waals surface area contributed by atoms with Crippen LogP contribution >= 0.6 is 0 Å². The van der Waals surface area contributed by atoms with E-state index < -0.39 is 0 Å². The van der Waals surface area contributed by atoms with Crippen LogP contribution < -0.4 is 9.64 Å². The van der Waals surface area contributed by atoms with Crippen LogP contribution in [0.1, 0.15) is 61.8 Å². The number of benzene rings is 1.